The summed E-state index contributed by atoms with van der Waals surface area (Å²) in [5, 5.41) is 5.81. The van der Waals surface area contributed by atoms with Gasteiger partial charge in [0, 0.05) is 31.0 Å². The molecule has 0 spiro atoms. The topological polar surface area (TPSA) is 71.2 Å². The summed E-state index contributed by atoms with van der Waals surface area (Å²) in [4.78, 5) is 18.2. The lowest BCUT2D eigenvalue weighted by molar-refractivity contribution is 0.102. The number of carbonyl (C=O) groups is 1. The van der Waals surface area contributed by atoms with E-state index in [0.29, 0.717) is 22.9 Å². The Morgan fingerprint density at radius 2 is 2.25 bits per heavy atom. The van der Waals surface area contributed by atoms with Gasteiger partial charge in [-0.1, -0.05) is 11.6 Å². The van der Waals surface area contributed by atoms with Crippen molar-refractivity contribution in [2.45, 2.75) is 6.54 Å². The van der Waals surface area contributed by atoms with Gasteiger partial charge in [0.1, 0.15) is 10.7 Å². The van der Waals surface area contributed by atoms with E-state index in [0.717, 1.165) is 10.7 Å². The van der Waals surface area contributed by atoms with Crippen molar-refractivity contribution in [2.75, 3.05) is 24.3 Å². The van der Waals surface area contributed by atoms with Crippen LogP contribution in [0.2, 0.25) is 5.02 Å². The molecule has 1 amide bonds. The molecule has 0 aliphatic rings. The van der Waals surface area contributed by atoms with Crippen LogP contribution in [0, 0.1) is 0 Å². The highest BCUT2D eigenvalue weighted by Gasteiger charge is 2.13. The third-order valence-corrected chi connectivity index (χ3v) is 3.75. The summed E-state index contributed by atoms with van der Waals surface area (Å²) in [6.45, 7) is 0.331. The molecule has 0 radical (unpaired) electrons. The van der Waals surface area contributed by atoms with Crippen LogP contribution in [0.15, 0.2) is 23.6 Å². The van der Waals surface area contributed by atoms with E-state index in [9.17, 15) is 4.79 Å². The van der Waals surface area contributed by atoms with Crippen molar-refractivity contribution in [3.63, 3.8) is 0 Å². The summed E-state index contributed by atoms with van der Waals surface area (Å²) in [5.41, 5.74) is 7.37. The molecule has 1 aromatic carbocycles. The van der Waals surface area contributed by atoms with E-state index in [-0.39, 0.29) is 5.91 Å². The van der Waals surface area contributed by atoms with Gasteiger partial charge < -0.3 is 16.0 Å². The van der Waals surface area contributed by atoms with Crippen LogP contribution in [0.5, 0.6) is 0 Å². The number of benzene rings is 1. The number of anilines is 2. The van der Waals surface area contributed by atoms with Crippen molar-refractivity contribution < 1.29 is 4.79 Å². The number of hydrogen-bond acceptors (Lipinski definition) is 5. The minimum absolute atomic E-state index is 0.272. The van der Waals surface area contributed by atoms with Gasteiger partial charge in [0.25, 0.3) is 5.91 Å². The smallest absolute Gasteiger partial charge is 0.275 e. The molecule has 2 rings (SSSR count). The standard InChI is InChI=1S/C13H15ClN4OS/c1-18(2)11-4-3-8(14)5-9(11)17-13(19)10-7-20-12(6-15)16-10/h3-5,7H,6,15H2,1-2H3,(H,17,19). The Morgan fingerprint density at radius 1 is 1.50 bits per heavy atom. The number of nitrogens with one attached hydrogen (secondary N) is 1. The molecule has 5 nitrogen and oxygen atoms in total. The van der Waals surface area contributed by atoms with Crippen LogP contribution in [0.25, 0.3) is 0 Å². The van der Waals surface area contributed by atoms with E-state index in [4.69, 9.17) is 17.3 Å². The van der Waals surface area contributed by atoms with Crippen molar-refractivity contribution in [2.24, 2.45) is 5.73 Å². The molecule has 0 saturated carbocycles. The zero-order valence-corrected chi connectivity index (χ0v) is 12.8. The summed E-state index contributed by atoms with van der Waals surface area (Å²) < 4.78 is 0. The zero-order chi connectivity index (χ0) is 14.7. The third-order valence-electron chi connectivity index (χ3n) is 2.65. The van der Waals surface area contributed by atoms with Gasteiger partial charge in [-0.15, -0.1) is 11.3 Å². The predicted octanol–water partition coefficient (Wildman–Crippen LogP) is 2.57. The number of aromatic nitrogens is 1. The third kappa shape index (κ3) is 3.27. The predicted molar refractivity (Wildman–Crippen MR) is 83.7 cm³/mol. The van der Waals surface area contributed by atoms with Crippen molar-refractivity contribution in [3.8, 4) is 0 Å². The maximum absolute atomic E-state index is 12.2. The highest BCUT2D eigenvalue weighted by atomic mass is 35.5. The summed E-state index contributed by atoms with van der Waals surface area (Å²) in [7, 11) is 3.79. The van der Waals surface area contributed by atoms with Crippen LogP contribution in [-0.4, -0.2) is 25.0 Å². The molecular weight excluding hydrogens is 296 g/mol. The molecule has 1 heterocycles. The normalized spacial score (nSPS) is 10.4. The molecular formula is C13H15ClN4OS. The number of carbonyl (C=O) groups excluding carboxylic acids is 1. The minimum Gasteiger partial charge on any atom is -0.376 e. The first-order valence-corrected chi connectivity index (χ1v) is 7.19. The van der Waals surface area contributed by atoms with Gasteiger partial charge in [0.15, 0.2) is 0 Å². The number of nitrogens with zero attached hydrogens (tertiary/aromatic N) is 2. The van der Waals surface area contributed by atoms with Crippen LogP contribution in [-0.2, 0) is 6.54 Å². The van der Waals surface area contributed by atoms with Crippen LogP contribution >= 0.6 is 22.9 Å². The SMILES string of the molecule is CN(C)c1ccc(Cl)cc1NC(=O)c1csc(CN)n1. The summed E-state index contributed by atoms with van der Waals surface area (Å²) in [6.07, 6.45) is 0. The molecule has 0 bridgehead atoms. The first-order valence-electron chi connectivity index (χ1n) is 5.94. The molecule has 1 aromatic heterocycles. The Kier molecular flexibility index (Phi) is 4.59. The lowest BCUT2D eigenvalue weighted by Crippen LogP contribution is -2.17. The van der Waals surface area contributed by atoms with Gasteiger partial charge in [-0.05, 0) is 18.2 Å². The molecule has 3 N–H and O–H groups in total. The van der Waals surface area contributed by atoms with Crippen molar-refractivity contribution in [3.05, 3.63) is 39.3 Å². The molecule has 0 fully saturated rings. The Hall–Kier alpha value is -1.63. The molecule has 0 unspecified atom stereocenters. The van der Waals surface area contributed by atoms with Crippen molar-refractivity contribution in [1.82, 2.24) is 4.98 Å². The second-order valence-electron chi connectivity index (χ2n) is 4.34. The lowest BCUT2D eigenvalue weighted by Gasteiger charge is -2.17. The second kappa shape index (κ2) is 6.21. The van der Waals surface area contributed by atoms with E-state index in [1.54, 1.807) is 17.5 Å². The zero-order valence-electron chi connectivity index (χ0n) is 11.2. The summed E-state index contributed by atoms with van der Waals surface area (Å²) in [5.74, 6) is -0.272. The van der Waals surface area contributed by atoms with Crippen LogP contribution in [0.4, 0.5) is 11.4 Å². The average Bonchev–Trinajstić information content (AvgIpc) is 2.87. The number of hydrogen-bond donors (Lipinski definition) is 2. The molecule has 0 saturated heterocycles. The van der Waals surface area contributed by atoms with Gasteiger partial charge in [-0.2, -0.15) is 0 Å². The number of nitrogens with two attached hydrogens (primary N) is 1. The quantitative estimate of drug-likeness (QED) is 0.910. The maximum atomic E-state index is 12.2. The monoisotopic (exact) mass is 310 g/mol. The Morgan fingerprint density at radius 3 is 2.85 bits per heavy atom. The largest absolute Gasteiger partial charge is 0.376 e. The molecule has 106 valence electrons. The number of amides is 1. The highest BCUT2D eigenvalue weighted by Crippen LogP contribution is 2.28. The van der Waals surface area contributed by atoms with Crippen LogP contribution < -0.4 is 16.0 Å². The second-order valence-corrected chi connectivity index (χ2v) is 5.72. The first-order chi connectivity index (χ1) is 9.51. The van der Waals surface area contributed by atoms with E-state index >= 15 is 0 Å². The van der Waals surface area contributed by atoms with E-state index < -0.39 is 0 Å². The van der Waals surface area contributed by atoms with E-state index in [1.165, 1.54) is 11.3 Å². The van der Waals surface area contributed by atoms with Gasteiger partial charge in [-0.25, -0.2) is 4.98 Å². The fourth-order valence-electron chi connectivity index (χ4n) is 1.69. The number of thiazole rings is 1. The van der Waals surface area contributed by atoms with Gasteiger partial charge >= 0.3 is 0 Å². The molecule has 20 heavy (non-hydrogen) atoms. The molecule has 0 aliphatic heterocycles. The summed E-state index contributed by atoms with van der Waals surface area (Å²) >= 11 is 7.35. The minimum atomic E-state index is -0.272. The van der Waals surface area contributed by atoms with E-state index in [1.807, 2.05) is 25.1 Å². The molecule has 7 heteroatoms. The van der Waals surface area contributed by atoms with E-state index in [2.05, 4.69) is 10.3 Å². The first kappa shape index (κ1) is 14.8. The highest BCUT2D eigenvalue weighted by molar-refractivity contribution is 7.09. The fraction of sp³-hybridized carbons (Fsp3) is 0.231. The van der Waals surface area contributed by atoms with Gasteiger partial charge in [-0.3, -0.25) is 4.79 Å². The van der Waals surface area contributed by atoms with Gasteiger partial charge in [0.2, 0.25) is 0 Å². The van der Waals surface area contributed by atoms with Crippen LogP contribution in [0.3, 0.4) is 0 Å². The maximum Gasteiger partial charge on any atom is 0.275 e. The number of halogens is 1. The fourth-order valence-corrected chi connectivity index (χ4v) is 2.52. The van der Waals surface area contributed by atoms with Crippen molar-refractivity contribution >= 4 is 40.2 Å². The number of rotatable bonds is 4. The Labute approximate surface area is 126 Å². The summed E-state index contributed by atoms with van der Waals surface area (Å²) in [6, 6.07) is 5.34. The van der Waals surface area contributed by atoms with Gasteiger partial charge in [0.05, 0.1) is 11.4 Å². The van der Waals surface area contributed by atoms with Crippen molar-refractivity contribution in [1.29, 1.82) is 0 Å². The Balaban J connectivity index is 2.24. The molecule has 0 atom stereocenters. The molecule has 2 aromatic rings. The average molecular weight is 311 g/mol. The molecule has 0 aliphatic carbocycles. The lowest BCUT2D eigenvalue weighted by atomic mass is 10.2. The Bertz CT molecular complexity index is 627. The van der Waals surface area contributed by atoms with Crippen LogP contribution in [0.1, 0.15) is 15.5 Å².